The molecular formula is C16H22IN3O3S2. The van der Waals surface area contributed by atoms with Crippen molar-refractivity contribution >= 4 is 51.1 Å². The highest BCUT2D eigenvalue weighted by Gasteiger charge is 2.28. The fourth-order valence-corrected chi connectivity index (χ4v) is 4.87. The Morgan fingerprint density at radius 3 is 2.88 bits per heavy atom. The number of furan rings is 1. The van der Waals surface area contributed by atoms with E-state index in [1.165, 1.54) is 4.88 Å². The summed E-state index contributed by atoms with van der Waals surface area (Å²) in [5, 5.41) is 8.53. The van der Waals surface area contributed by atoms with Crippen LogP contribution < -0.4 is 10.6 Å². The topological polar surface area (TPSA) is 83.7 Å². The monoisotopic (exact) mass is 495 g/mol. The maximum Gasteiger partial charge on any atom is 0.191 e. The van der Waals surface area contributed by atoms with E-state index in [1.807, 2.05) is 29.6 Å². The zero-order chi connectivity index (χ0) is 16.8. The molecule has 1 atom stereocenters. The van der Waals surface area contributed by atoms with E-state index < -0.39 is 9.84 Å². The average Bonchev–Trinajstić information content (AvgIpc) is 3.27. The van der Waals surface area contributed by atoms with E-state index in [2.05, 4.69) is 15.6 Å². The molecule has 1 unspecified atom stereocenters. The number of sulfone groups is 1. The summed E-state index contributed by atoms with van der Waals surface area (Å²) in [7, 11) is -2.91. The van der Waals surface area contributed by atoms with Crippen LogP contribution in [0.2, 0.25) is 0 Å². The van der Waals surface area contributed by atoms with Crippen LogP contribution in [0.15, 0.2) is 45.3 Å². The van der Waals surface area contributed by atoms with E-state index in [0.29, 0.717) is 25.5 Å². The Morgan fingerprint density at radius 2 is 2.24 bits per heavy atom. The molecule has 3 heterocycles. The first kappa shape index (κ1) is 20.2. The Labute approximate surface area is 169 Å². The lowest BCUT2D eigenvalue weighted by Gasteiger charge is -2.16. The van der Waals surface area contributed by atoms with Crippen molar-refractivity contribution < 1.29 is 12.8 Å². The van der Waals surface area contributed by atoms with Gasteiger partial charge in [0.1, 0.15) is 5.76 Å². The quantitative estimate of drug-likeness (QED) is 0.366. The molecule has 3 rings (SSSR count). The molecule has 1 fully saturated rings. The van der Waals surface area contributed by atoms with Crippen LogP contribution in [0.3, 0.4) is 0 Å². The van der Waals surface area contributed by atoms with Crippen molar-refractivity contribution in [3.63, 3.8) is 0 Å². The summed E-state index contributed by atoms with van der Waals surface area (Å²) in [5.74, 6) is 1.97. The van der Waals surface area contributed by atoms with Crippen molar-refractivity contribution in [2.24, 2.45) is 4.99 Å². The molecule has 2 aromatic rings. The second kappa shape index (κ2) is 9.58. The number of halogens is 1. The van der Waals surface area contributed by atoms with Crippen molar-refractivity contribution in [3.8, 4) is 0 Å². The van der Waals surface area contributed by atoms with E-state index in [4.69, 9.17) is 4.42 Å². The summed E-state index contributed by atoms with van der Waals surface area (Å²) in [5.41, 5.74) is 0. The molecule has 0 saturated carbocycles. The normalized spacial score (nSPS) is 19.4. The molecule has 9 heteroatoms. The molecule has 0 spiro atoms. The van der Waals surface area contributed by atoms with Gasteiger partial charge in [0.05, 0.1) is 24.3 Å². The van der Waals surface area contributed by atoms with Crippen molar-refractivity contribution in [1.82, 2.24) is 10.6 Å². The first-order valence-electron chi connectivity index (χ1n) is 7.91. The molecule has 25 heavy (non-hydrogen) atoms. The second-order valence-corrected chi connectivity index (χ2v) is 9.01. The standard InChI is InChI=1S/C16H21N3O3S2.HI/c20-24(21)10-6-13(12-24)19-16(18-11-15-4-2-9-23-15)17-7-5-14-3-1-8-22-14;/h1-4,8-9,13H,5-7,10-12H2,(H2,17,18,19);1H. The Kier molecular flexibility index (Phi) is 7.76. The Hall–Kier alpha value is -1.07. The fraction of sp³-hybridized carbons (Fsp3) is 0.438. The SMILES string of the molecule is I.O=S1(=O)CCC(NC(=NCc2cccs2)NCCc2ccco2)C1. The third-order valence-electron chi connectivity index (χ3n) is 3.79. The molecule has 0 amide bonds. The van der Waals surface area contributed by atoms with Crippen LogP contribution in [-0.2, 0) is 22.8 Å². The van der Waals surface area contributed by atoms with Gasteiger partial charge in [-0.2, -0.15) is 0 Å². The van der Waals surface area contributed by atoms with Crippen molar-refractivity contribution in [1.29, 1.82) is 0 Å². The molecule has 1 aliphatic rings. The van der Waals surface area contributed by atoms with Gasteiger partial charge in [0.15, 0.2) is 15.8 Å². The molecule has 1 saturated heterocycles. The summed E-state index contributed by atoms with van der Waals surface area (Å²) in [4.78, 5) is 5.74. The number of nitrogens with zero attached hydrogens (tertiary/aromatic N) is 1. The van der Waals surface area contributed by atoms with Gasteiger partial charge in [-0.3, -0.25) is 0 Å². The van der Waals surface area contributed by atoms with Crippen LogP contribution in [0, 0.1) is 0 Å². The fourth-order valence-electron chi connectivity index (χ4n) is 2.57. The average molecular weight is 495 g/mol. The first-order chi connectivity index (χ1) is 11.6. The number of guanidine groups is 1. The van der Waals surface area contributed by atoms with Gasteiger partial charge in [-0.15, -0.1) is 35.3 Å². The number of aliphatic imine (C=N–C) groups is 1. The molecule has 2 N–H and O–H groups in total. The lowest BCUT2D eigenvalue weighted by molar-refractivity contribution is 0.506. The number of rotatable bonds is 6. The Bertz CT molecular complexity index is 759. The number of hydrogen-bond acceptors (Lipinski definition) is 5. The molecule has 138 valence electrons. The third-order valence-corrected chi connectivity index (χ3v) is 6.42. The summed E-state index contributed by atoms with van der Waals surface area (Å²) >= 11 is 1.66. The van der Waals surface area contributed by atoms with E-state index >= 15 is 0 Å². The van der Waals surface area contributed by atoms with Gasteiger partial charge < -0.3 is 15.1 Å². The van der Waals surface area contributed by atoms with Gasteiger partial charge >= 0.3 is 0 Å². The Morgan fingerprint density at radius 1 is 1.36 bits per heavy atom. The lowest BCUT2D eigenvalue weighted by Crippen LogP contribution is -2.44. The van der Waals surface area contributed by atoms with Gasteiger partial charge in [0.25, 0.3) is 0 Å². The minimum absolute atomic E-state index is 0. The van der Waals surface area contributed by atoms with E-state index in [1.54, 1.807) is 17.6 Å². The highest BCUT2D eigenvalue weighted by molar-refractivity contribution is 14.0. The zero-order valence-electron chi connectivity index (χ0n) is 13.7. The predicted octanol–water partition coefficient (Wildman–Crippen LogP) is 2.42. The molecule has 6 nitrogen and oxygen atoms in total. The van der Waals surface area contributed by atoms with E-state index in [9.17, 15) is 8.42 Å². The minimum Gasteiger partial charge on any atom is -0.469 e. The van der Waals surface area contributed by atoms with Crippen LogP contribution in [0.25, 0.3) is 0 Å². The number of thiophene rings is 1. The van der Waals surface area contributed by atoms with Gasteiger partial charge in [-0.25, -0.2) is 13.4 Å². The number of hydrogen-bond donors (Lipinski definition) is 2. The molecule has 1 aliphatic heterocycles. The molecule has 0 bridgehead atoms. The summed E-state index contributed by atoms with van der Waals surface area (Å²) < 4.78 is 28.6. The highest BCUT2D eigenvalue weighted by Crippen LogP contribution is 2.12. The van der Waals surface area contributed by atoms with E-state index in [-0.39, 0.29) is 41.5 Å². The van der Waals surface area contributed by atoms with Gasteiger partial charge in [0.2, 0.25) is 0 Å². The van der Waals surface area contributed by atoms with Gasteiger partial charge in [-0.1, -0.05) is 6.07 Å². The van der Waals surface area contributed by atoms with Gasteiger partial charge in [0, 0.05) is 23.9 Å². The summed E-state index contributed by atoms with van der Waals surface area (Å²) in [6.45, 7) is 1.25. The molecule has 0 radical (unpaired) electrons. The molecule has 0 aromatic carbocycles. The van der Waals surface area contributed by atoms with E-state index in [0.717, 1.165) is 12.2 Å². The highest BCUT2D eigenvalue weighted by atomic mass is 127. The summed E-state index contributed by atoms with van der Waals surface area (Å²) in [6, 6.07) is 7.75. The largest absolute Gasteiger partial charge is 0.469 e. The zero-order valence-corrected chi connectivity index (χ0v) is 17.6. The second-order valence-electron chi connectivity index (χ2n) is 5.74. The first-order valence-corrected chi connectivity index (χ1v) is 10.6. The summed E-state index contributed by atoms with van der Waals surface area (Å²) in [6.07, 6.45) is 3.03. The van der Waals surface area contributed by atoms with Crippen LogP contribution in [-0.4, -0.2) is 38.5 Å². The maximum atomic E-state index is 11.6. The smallest absolute Gasteiger partial charge is 0.191 e. The van der Waals surface area contributed by atoms with Crippen LogP contribution in [0.4, 0.5) is 0 Å². The molecule has 2 aromatic heterocycles. The van der Waals surface area contributed by atoms with Crippen molar-refractivity contribution in [3.05, 3.63) is 46.5 Å². The minimum atomic E-state index is -2.91. The van der Waals surface area contributed by atoms with Gasteiger partial charge in [-0.05, 0) is 30.0 Å². The van der Waals surface area contributed by atoms with Crippen molar-refractivity contribution in [2.75, 3.05) is 18.1 Å². The third kappa shape index (κ3) is 6.63. The van der Waals surface area contributed by atoms with Crippen LogP contribution in [0.1, 0.15) is 17.1 Å². The number of nitrogens with one attached hydrogen (secondary N) is 2. The Balaban J connectivity index is 0.00000225. The molecule has 0 aliphatic carbocycles. The molecular weight excluding hydrogens is 473 g/mol. The van der Waals surface area contributed by atoms with Crippen LogP contribution >= 0.6 is 35.3 Å². The lowest BCUT2D eigenvalue weighted by atomic mass is 10.3. The van der Waals surface area contributed by atoms with Crippen molar-refractivity contribution in [2.45, 2.75) is 25.4 Å². The maximum absolute atomic E-state index is 11.6. The predicted molar refractivity (Wildman–Crippen MR) is 111 cm³/mol. The van der Waals surface area contributed by atoms with Crippen LogP contribution in [0.5, 0.6) is 0 Å².